The second-order valence-electron chi connectivity index (χ2n) is 5.28. The number of carbonyl (C=O) groups is 1. The number of aliphatic imine (C=N–C) groups is 1. The molecule has 2 aromatic rings. The highest BCUT2D eigenvalue weighted by molar-refractivity contribution is 6.04. The van der Waals surface area contributed by atoms with Crippen LogP contribution in [-0.2, 0) is 9.53 Å². The first-order chi connectivity index (χ1) is 10.7. The number of hydrogen-bond donors (Lipinski definition) is 0. The smallest absolute Gasteiger partial charge is 0.336 e. The standard InChI is InChI=1S/C17H17NO4/c1-2-21-17(20)13-4-3-5-14(13)18-12-7-8-15-11(10-12)6-9-16(19)22-15/h6-10,13H,2-5H2,1H3. The average molecular weight is 299 g/mol. The summed E-state index contributed by atoms with van der Waals surface area (Å²) in [6.45, 7) is 2.19. The van der Waals surface area contributed by atoms with Gasteiger partial charge in [-0.3, -0.25) is 9.79 Å². The maximum absolute atomic E-state index is 11.9. The van der Waals surface area contributed by atoms with Crippen molar-refractivity contribution in [3.05, 3.63) is 40.8 Å². The monoisotopic (exact) mass is 299 g/mol. The molecule has 1 aromatic heterocycles. The molecule has 1 aliphatic rings. The van der Waals surface area contributed by atoms with Gasteiger partial charge in [-0.25, -0.2) is 4.79 Å². The van der Waals surface area contributed by atoms with Crippen LogP contribution in [0.4, 0.5) is 5.69 Å². The first-order valence-electron chi connectivity index (χ1n) is 7.45. The fraction of sp³-hybridized carbons (Fsp3) is 0.353. The topological polar surface area (TPSA) is 68.9 Å². The van der Waals surface area contributed by atoms with Crippen molar-refractivity contribution in [1.82, 2.24) is 0 Å². The van der Waals surface area contributed by atoms with E-state index < -0.39 is 0 Å². The van der Waals surface area contributed by atoms with E-state index >= 15 is 0 Å². The van der Waals surface area contributed by atoms with Gasteiger partial charge in [0.1, 0.15) is 5.58 Å². The highest BCUT2D eigenvalue weighted by atomic mass is 16.5. The van der Waals surface area contributed by atoms with E-state index in [2.05, 4.69) is 4.99 Å². The zero-order valence-electron chi connectivity index (χ0n) is 12.4. The van der Waals surface area contributed by atoms with E-state index in [0.717, 1.165) is 36.0 Å². The summed E-state index contributed by atoms with van der Waals surface area (Å²) in [5.41, 5.74) is 1.79. The van der Waals surface area contributed by atoms with Gasteiger partial charge in [-0.05, 0) is 50.5 Å². The number of benzene rings is 1. The number of nitrogens with zero attached hydrogens (tertiary/aromatic N) is 1. The van der Waals surface area contributed by atoms with Crippen LogP contribution in [0.1, 0.15) is 26.2 Å². The van der Waals surface area contributed by atoms with Crippen LogP contribution < -0.4 is 5.63 Å². The zero-order chi connectivity index (χ0) is 15.5. The predicted octanol–water partition coefficient (Wildman–Crippen LogP) is 3.23. The van der Waals surface area contributed by atoms with Gasteiger partial charge in [0, 0.05) is 17.2 Å². The quantitative estimate of drug-likeness (QED) is 0.644. The predicted molar refractivity (Wildman–Crippen MR) is 83.6 cm³/mol. The van der Waals surface area contributed by atoms with Crippen LogP contribution in [0.25, 0.3) is 11.0 Å². The Morgan fingerprint density at radius 3 is 3.05 bits per heavy atom. The molecule has 0 saturated heterocycles. The molecule has 1 aromatic carbocycles. The van der Waals surface area contributed by atoms with Gasteiger partial charge in [-0.2, -0.15) is 0 Å². The van der Waals surface area contributed by atoms with Crippen molar-refractivity contribution in [1.29, 1.82) is 0 Å². The number of esters is 1. The lowest BCUT2D eigenvalue weighted by Crippen LogP contribution is -2.21. The fourth-order valence-corrected chi connectivity index (χ4v) is 2.75. The Hall–Kier alpha value is -2.43. The minimum absolute atomic E-state index is 0.189. The van der Waals surface area contributed by atoms with Crippen molar-refractivity contribution >= 4 is 28.3 Å². The van der Waals surface area contributed by atoms with Crippen molar-refractivity contribution in [2.75, 3.05) is 6.61 Å². The summed E-state index contributed by atoms with van der Waals surface area (Å²) >= 11 is 0. The molecule has 3 rings (SSSR count). The minimum atomic E-state index is -0.371. The summed E-state index contributed by atoms with van der Waals surface area (Å²) in [7, 11) is 0. The molecule has 0 spiro atoms. The van der Waals surface area contributed by atoms with E-state index in [9.17, 15) is 9.59 Å². The number of rotatable bonds is 3. The normalized spacial score (nSPS) is 19.7. The van der Waals surface area contributed by atoms with Crippen LogP contribution in [0.5, 0.6) is 0 Å². The molecule has 22 heavy (non-hydrogen) atoms. The third-order valence-electron chi connectivity index (χ3n) is 3.77. The second-order valence-corrected chi connectivity index (χ2v) is 5.28. The lowest BCUT2D eigenvalue weighted by atomic mass is 10.1. The average Bonchev–Trinajstić information content (AvgIpc) is 2.96. The summed E-state index contributed by atoms with van der Waals surface area (Å²) < 4.78 is 10.2. The Balaban J connectivity index is 1.92. The van der Waals surface area contributed by atoms with Gasteiger partial charge in [0.05, 0.1) is 18.2 Å². The molecule has 0 radical (unpaired) electrons. The zero-order valence-corrected chi connectivity index (χ0v) is 12.4. The van der Waals surface area contributed by atoms with Crippen LogP contribution >= 0.6 is 0 Å². The number of carbonyl (C=O) groups excluding carboxylic acids is 1. The van der Waals surface area contributed by atoms with E-state index in [1.54, 1.807) is 25.1 Å². The van der Waals surface area contributed by atoms with Gasteiger partial charge in [0.2, 0.25) is 0 Å². The molecule has 1 aliphatic carbocycles. The third-order valence-corrected chi connectivity index (χ3v) is 3.77. The maximum Gasteiger partial charge on any atom is 0.336 e. The fourth-order valence-electron chi connectivity index (χ4n) is 2.75. The molecule has 5 heteroatoms. The molecular weight excluding hydrogens is 282 g/mol. The summed E-state index contributed by atoms with van der Waals surface area (Å²) in [4.78, 5) is 27.7. The number of hydrogen-bond acceptors (Lipinski definition) is 5. The maximum atomic E-state index is 11.9. The lowest BCUT2D eigenvalue weighted by molar-refractivity contribution is -0.145. The first kappa shape index (κ1) is 14.5. The molecule has 0 bridgehead atoms. The Kier molecular flexibility index (Phi) is 4.04. The Bertz CT molecular complexity index is 791. The minimum Gasteiger partial charge on any atom is -0.465 e. The van der Waals surface area contributed by atoms with Crippen LogP contribution in [0.3, 0.4) is 0 Å². The van der Waals surface area contributed by atoms with Gasteiger partial charge in [0.15, 0.2) is 0 Å². The molecule has 0 aliphatic heterocycles. The Labute approximate surface area is 127 Å². The second kappa shape index (κ2) is 6.13. The molecule has 0 N–H and O–H groups in total. The van der Waals surface area contributed by atoms with Crippen molar-refractivity contribution in [2.24, 2.45) is 10.9 Å². The molecule has 1 heterocycles. The van der Waals surface area contributed by atoms with Gasteiger partial charge < -0.3 is 9.15 Å². The van der Waals surface area contributed by atoms with Gasteiger partial charge in [-0.1, -0.05) is 0 Å². The van der Waals surface area contributed by atoms with E-state index in [4.69, 9.17) is 9.15 Å². The number of ether oxygens (including phenoxy) is 1. The van der Waals surface area contributed by atoms with Crippen molar-refractivity contribution in [3.63, 3.8) is 0 Å². The van der Waals surface area contributed by atoms with Crippen LogP contribution in [-0.4, -0.2) is 18.3 Å². The highest BCUT2D eigenvalue weighted by Crippen LogP contribution is 2.28. The summed E-state index contributed by atoms with van der Waals surface area (Å²) in [6.07, 6.45) is 2.55. The third kappa shape index (κ3) is 2.93. The molecular formula is C17H17NO4. The molecule has 0 amide bonds. The van der Waals surface area contributed by atoms with E-state index in [1.807, 2.05) is 6.07 Å². The number of fused-ring (bicyclic) bond motifs is 1. The van der Waals surface area contributed by atoms with E-state index in [0.29, 0.717) is 12.2 Å². The van der Waals surface area contributed by atoms with Crippen LogP contribution in [0, 0.1) is 5.92 Å². The van der Waals surface area contributed by atoms with Crippen molar-refractivity contribution in [2.45, 2.75) is 26.2 Å². The van der Waals surface area contributed by atoms with Crippen molar-refractivity contribution in [3.8, 4) is 0 Å². The molecule has 1 atom stereocenters. The van der Waals surface area contributed by atoms with Crippen LogP contribution in [0.15, 0.2) is 44.5 Å². The summed E-state index contributed by atoms with van der Waals surface area (Å²) in [5, 5.41) is 0.812. The highest BCUT2D eigenvalue weighted by Gasteiger charge is 2.30. The molecule has 114 valence electrons. The SMILES string of the molecule is CCOC(=O)C1CCCC1=Nc1ccc2oc(=O)ccc2c1. The van der Waals surface area contributed by atoms with Gasteiger partial charge in [-0.15, -0.1) is 0 Å². The van der Waals surface area contributed by atoms with Crippen molar-refractivity contribution < 1.29 is 13.9 Å². The first-order valence-corrected chi connectivity index (χ1v) is 7.45. The summed E-state index contributed by atoms with van der Waals surface area (Å²) in [6, 6.07) is 8.47. The Morgan fingerprint density at radius 1 is 1.36 bits per heavy atom. The van der Waals surface area contributed by atoms with Crippen LogP contribution in [0.2, 0.25) is 0 Å². The molecule has 1 unspecified atom stereocenters. The van der Waals surface area contributed by atoms with E-state index in [-0.39, 0.29) is 17.5 Å². The molecule has 1 fully saturated rings. The lowest BCUT2D eigenvalue weighted by Gasteiger charge is -2.10. The molecule has 5 nitrogen and oxygen atoms in total. The Morgan fingerprint density at radius 2 is 2.23 bits per heavy atom. The van der Waals surface area contributed by atoms with E-state index in [1.165, 1.54) is 6.07 Å². The summed E-state index contributed by atoms with van der Waals surface area (Å²) in [5.74, 6) is -0.421. The van der Waals surface area contributed by atoms with Gasteiger partial charge >= 0.3 is 11.6 Å². The largest absolute Gasteiger partial charge is 0.465 e. The molecule has 1 saturated carbocycles. The van der Waals surface area contributed by atoms with Gasteiger partial charge in [0.25, 0.3) is 0 Å².